The maximum atomic E-state index is 12.5. The number of hydrogen-bond donors (Lipinski definition) is 2. The van der Waals surface area contributed by atoms with E-state index < -0.39 is 15.9 Å². The van der Waals surface area contributed by atoms with Crippen molar-refractivity contribution in [3.8, 4) is 5.75 Å². The number of aliphatic hydroxyl groups excluding tert-OH is 1. The average Bonchev–Trinajstić information content (AvgIpc) is 2.50. The van der Waals surface area contributed by atoms with Crippen molar-refractivity contribution < 1.29 is 23.1 Å². The number of rotatable bonds is 8. The summed E-state index contributed by atoms with van der Waals surface area (Å²) >= 11 is 5.94. The number of aliphatic hydroxyl groups is 1. The number of nitrogens with one attached hydrogen (secondary N) is 1. The summed E-state index contributed by atoms with van der Waals surface area (Å²) in [5, 5.41) is 11.2. The van der Waals surface area contributed by atoms with Crippen LogP contribution in [-0.2, 0) is 14.8 Å². The van der Waals surface area contributed by atoms with Gasteiger partial charge >= 0.3 is 0 Å². The van der Waals surface area contributed by atoms with Crippen molar-refractivity contribution in [2.24, 2.45) is 0 Å². The molecule has 1 aromatic rings. The number of ether oxygens (including phenoxy) is 1. The molecule has 1 amide bonds. The number of likely N-dealkylation sites (N-methyl/N-ethyl adjacent to an activating group) is 1. The van der Waals surface area contributed by atoms with Gasteiger partial charge in [-0.25, -0.2) is 8.42 Å². The molecule has 2 N–H and O–H groups in total. The fraction of sp³-hybridized carbons (Fsp3) is 0.462. The van der Waals surface area contributed by atoms with Gasteiger partial charge in [0, 0.05) is 13.1 Å². The third kappa shape index (κ3) is 4.57. The molecule has 0 aromatic heterocycles. The first kappa shape index (κ1) is 18.7. The number of halogens is 1. The Morgan fingerprint density at radius 1 is 1.45 bits per heavy atom. The molecule has 124 valence electrons. The Morgan fingerprint density at radius 3 is 2.64 bits per heavy atom. The summed E-state index contributed by atoms with van der Waals surface area (Å²) in [4.78, 5) is 11.6. The van der Waals surface area contributed by atoms with Gasteiger partial charge in [0.05, 0.1) is 30.2 Å². The van der Waals surface area contributed by atoms with Gasteiger partial charge in [-0.15, -0.1) is 0 Å². The number of sulfonamides is 1. The van der Waals surface area contributed by atoms with E-state index in [1.165, 1.54) is 25.3 Å². The molecule has 0 spiro atoms. The van der Waals surface area contributed by atoms with Crippen molar-refractivity contribution in [3.63, 3.8) is 0 Å². The average molecular weight is 351 g/mol. The highest BCUT2D eigenvalue weighted by Crippen LogP contribution is 2.28. The highest BCUT2D eigenvalue weighted by Gasteiger charge is 2.25. The number of hydrogen-bond acceptors (Lipinski definition) is 5. The van der Waals surface area contributed by atoms with Crippen molar-refractivity contribution in [3.05, 3.63) is 23.2 Å². The molecule has 1 aromatic carbocycles. The molecular weight excluding hydrogens is 332 g/mol. The Labute approximate surface area is 134 Å². The highest BCUT2D eigenvalue weighted by atomic mass is 35.5. The maximum absolute atomic E-state index is 12.5. The third-order valence-corrected chi connectivity index (χ3v) is 5.08. The van der Waals surface area contributed by atoms with Crippen LogP contribution in [0.2, 0.25) is 5.02 Å². The lowest BCUT2D eigenvalue weighted by Crippen LogP contribution is -2.41. The standard InChI is InChI=1S/C13H19ClN2O5S/c1-3-16(9-13(18)15-6-7-17)22(19,20)10-4-5-12(21-2)11(14)8-10/h4-5,8,17H,3,6-7,9H2,1-2H3,(H,15,18). The van der Waals surface area contributed by atoms with Gasteiger partial charge in [0.1, 0.15) is 5.75 Å². The van der Waals surface area contributed by atoms with E-state index in [1.807, 2.05) is 0 Å². The van der Waals surface area contributed by atoms with E-state index in [0.717, 1.165) is 4.31 Å². The van der Waals surface area contributed by atoms with Crippen LogP contribution in [0.15, 0.2) is 23.1 Å². The number of carbonyl (C=O) groups is 1. The minimum Gasteiger partial charge on any atom is -0.495 e. The number of benzene rings is 1. The van der Waals surface area contributed by atoms with Crippen molar-refractivity contribution in [1.29, 1.82) is 0 Å². The third-order valence-electron chi connectivity index (χ3n) is 2.87. The Bertz CT molecular complexity index is 621. The molecular formula is C13H19ClN2O5S. The number of carbonyl (C=O) groups excluding carboxylic acids is 1. The Morgan fingerprint density at radius 2 is 2.14 bits per heavy atom. The molecule has 9 heteroatoms. The molecule has 0 aliphatic heterocycles. The van der Waals surface area contributed by atoms with Crippen LogP contribution in [0, 0.1) is 0 Å². The summed E-state index contributed by atoms with van der Waals surface area (Å²) in [5.74, 6) is -0.122. The van der Waals surface area contributed by atoms with Gasteiger partial charge in [-0.05, 0) is 18.2 Å². The Balaban J connectivity index is 2.99. The summed E-state index contributed by atoms with van der Waals surface area (Å²) < 4.78 is 31.0. The van der Waals surface area contributed by atoms with E-state index in [2.05, 4.69) is 5.32 Å². The number of amides is 1. The SMILES string of the molecule is CCN(CC(=O)NCCO)S(=O)(=O)c1ccc(OC)c(Cl)c1. The maximum Gasteiger partial charge on any atom is 0.243 e. The van der Waals surface area contributed by atoms with Crippen molar-refractivity contribution >= 4 is 27.5 Å². The van der Waals surface area contributed by atoms with Crippen LogP contribution in [0.1, 0.15) is 6.92 Å². The highest BCUT2D eigenvalue weighted by molar-refractivity contribution is 7.89. The van der Waals surface area contributed by atoms with Gasteiger partial charge in [-0.1, -0.05) is 18.5 Å². The summed E-state index contributed by atoms with van der Waals surface area (Å²) in [5.41, 5.74) is 0. The van der Waals surface area contributed by atoms with E-state index in [1.54, 1.807) is 6.92 Å². The molecule has 0 heterocycles. The first-order valence-corrected chi connectivity index (χ1v) is 8.39. The molecule has 0 atom stereocenters. The molecule has 0 radical (unpaired) electrons. The smallest absolute Gasteiger partial charge is 0.243 e. The van der Waals surface area contributed by atoms with Crippen LogP contribution in [-0.4, -0.2) is 57.1 Å². The monoisotopic (exact) mass is 350 g/mol. The second kappa shape index (κ2) is 8.33. The minimum absolute atomic E-state index is 0.0184. The minimum atomic E-state index is -3.85. The molecule has 0 aliphatic rings. The second-order valence-corrected chi connectivity index (χ2v) is 6.65. The van der Waals surface area contributed by atoms with E-state index in [9.17, 15) is 13.2 Å². The fourth-order valence-electron chi connectivity index (χ4n) is 1.73. The zero-order valence-electron chi connectivity index (χ0n) is 12.4. The van der Waals surface area contributed by atoms with Gasteiger partial charge in [0.25, 0.3) is 0 Å². The molecule has 1 rings (SSSR count). The predicted octanol–water partition coefficient (Wildman–Crippen LogP) is 0.468. The van der Waals surface area contributed by atoms with Crippen LogP contribution in [0.25, 0.3) is 0 Å². The fourth-order valence-corrected chi connectivity index (χ4v) is 3.49. The lowest BCUT2D eigenvalue weighted by Gasteiger charge is -2.20. The van der Waals surface area contributed by atoms with Gasteiger partial charge in [-0.3, -0.25) is 4.79 Å². The number of nitrogens with zero attached hydrogens (tertiary/aromatic N) is 1. The Hall–Kier alpha value is -1.35. The van der Waals surface area contributed by atoms with Gasteiger partial charge < -0.3 is 15.2 Å². The van der Waals surface area contributed by atoms with Gasteiger partial charge in [0.15, 0.2) is 0 Å². The topological polar surface area (TPSA) is 95.9 Å². The summed E-state index contributed by atoms with van der Waals surface area (Å²) in [6, 6.07) is 4.10. The normalized spacial score (nSPS) is 11.5. The predicted molar refractivity (Wildman–Crippen MR) is 82.5 cm³/mol. The van der Waals surface area contributed by atoms with Crippen LogP contribution < -0.4 is 10.1 Å². The Kier molecular flexibility index (Phi) is 7.08. The molecule has 0 unspecified atom stereocenters. The van der Waals surface area contributed by atoms with Crippen LogP contribution in [0.3, 0.4) is 0 Å². The van der Waals surface area contributed by atoms with E-state index >= 15 is 0 Å². The molecule has 22 heavy (non-hydrogen) atoms. The molecule has 0 saturated heterocycles. The molecule has 0 fully saturated rings. The first-order chi connectivity index (χ1) is 10.4. The van der Waals surface area contributed by atoms with Crippen LogP contribution in [0.5, 0.6) is 5.75 Å². The zero-order valence-corrected chi connectivity index (χ0v) is 13.9. The van der Waals surface area contributed by atoms with E-state index in [0.29, 0.717) is 5.75 Å². The lowest BCUT2D eigenvalue weighted by atomic mass is 10.3. The van der Waals surface area contributed by atoms with Crippen LogP contribution in [0.4, 0.5) is 0 Å². The molecule has 0 aliphatic carbocycles. The summed E-state index contributed by atoms with van der Waals surface area (Å²) in [7, 11) is -2.42. The molecule has 0 bridgehead atoms. The van der Waals surface area contributed by atoms with E-state index in [4.69, 9.17) is 21.4 Å². The van der Waals surface area contributed by atoms with E-state index in [-0.39, 0.29) is 36.2 Å². The van der Waals surface area contributed by atoms with Crippen molar-refractivity contribution in [2.75, 3.05) is 33.4 Å². The lowest BCUT2D eigenvalue weighted by molar-refractivity contribution is -0.121. The largest absolute Gasteiger partial charge is 0.495 e. The summed E-state index contributed by atoms with van der Waals surface area (Å²) in [6.45, 7) is 1.28. The first-order valence-electron chi connectivity index (χ1n) is 6.58. The second-order valence-electron chi connectivity index (χ2n) is 4.30. The molecule has 7 nitrogen and oxygen atoms in total. The van der Waals surface area contributed by atoms with Crippen molar-refractivity contribution in [1.82, 2.24) is 9.62 Å². The van der Waals surface area contributed by atoms with Crippen LogP contribution >= 0.6 is 11.6 Å². The zero-order chi connectivity index (χ0) is 16.8. The van der Waals surface area contributed by atoms with Crippen molar-refractivity contribution in [2.45, 2.75) is 11.8 Å². The quantitative estimate of drug-likeness (QED) is 0.710. The molecule has 0 saturated carbocycles. The van der Waals surface area contributed by atoms with Gasteiger partial charge in [0.2, 0.25) is 15.9 Å². The summed E-state index contributed by atoms with van der Waals surface area (Å²) in [6.07, 6.45) is 0. The number of methoxy groups -OCH3 is 1. The van der Waals surface area contributed by atoms with Gasteiger partial charge in [-0.2, -0.15) is 4.31 Å².